The summed E-state index contributed by atoms with van der Waals surface area (Å²) in [4.78, 5) is 9.83. The van der Waals surface area contributed by atoms with Crippen molar-refractivity contribution in [2.45, 2.75) is 0 Å². The van der Waals surface area contributed by atoms with E-state index >= 15 is 0 Å². The first-order valence-corrected chi connectivity index (χ1v) is 18.0. The molecule has 0 atom stereocenters. The quantitative estimate of drug-likeness (QED) is 0.137. The third-order valence-corrected chi connectivity index (χ3v) is 9.11. The molecule has 0 spiro atoms. The average molecular weight is 709 g/mol. The Bertz CT molecular complexity index is 1460. The van der Waals surface area contributed by atoms with Gasteiger partial charge in [-0.3, -0.25) is 19.6 Å². The van der Waals surface area contributed by atoms with E-state index in [2.05, 4.69) is 43.9 Å². The van der Waals surface area contributed by atoms with Gasteiger partial charge in [0.2, 0.25) is 0 Å². The van der Waals surface area contributed by atoms with Crippen molar-refractivity contribution in [3.63, 3.8) is 0 Å². The summed E-state index contributed by atoms with van der Waals surface area (Å²) >= 11 is 0. The lowest BCUT2D eigenvalue weighted by atomic mass is 10.2. The monoisotopic (exact) mass is 708 g/mol. The standard InChI is InChI=1S/C44H48F4N4/c45-41-17-9-37(10-18-41)5-1-25-49-29-31-50(26-2-6-38-11-19-42(46)20-12-38)33-35-52(28-4-8-40-15-23-44(48)24-16-40)36-34-51(32-30-49)27-3-7-39-13-21-43(47)22-14-39/h1-24H,25-36H2/b5-1+,6-2+,7-3+,8-4+. The molecule has 0 saturated carbocycles. The van der Waals surface area contributed by atoms with Crippen molar-refractivity contribution in [3.05, 3.63) is 167 Å². The molecule has 0 bridgehead atoms. The predicted molar refractivity (Wildman–Crippen MR) is 207 cm³/mol. The van der Waals surface area contributed by atoms with Crippen molar-refractivity contribution in [2.24, 2.45) is 0 Å². The highest BCUT2D eigenvalue weighted by molar-refractivity contribution is 5.51. The lowest BCUT2D eigenvalue weighted by Gasteiger charge is -2.33. The number of nitrogens with zero attached hydrogens (tertiary/aromatic N) is 4. The van der Waals surface area contributed by atoms with Crippen molar-refractivity contribution in [3.8, 4) is 0 Å². The van der Waals surface area contributed by atoms with Crippen LogP contribution in [-0.4, -0.2) is 98.1 Å². The molecule has 0 N–H and O–H groups in total. The molecular weight excluding hydrogens is 661 g/mol. The van der Waals surface area contributed by atoms with Gasteiger partial charge in [0.05, 0.1) is 0 Å². The molecule has 1 aliphatic rings. The molecule has 0 aliphatic carbocycles. The summed E-state index contributed by atoms with van der Waals surface area (Å²) in [5.74, 6) is -0.982. The van der Waals surface area contributed by atoms with Crippen LogP contribution in [0.5, 0.6) is 0 Å². The molecule has 4 aromatic rings. The van der Waals surface area contributed by atoms with Crippen molar-refractivity contribution in [1.29, 1.82) is 0 Å². The minimum absolute atomic E-state index is 0.246. The van der Waals surface area contributed by atoms with Crippen LogP contribution in [0, 0.1) is 23.3 Å². The molecule has 0 aromatic heterocycles. The van der Waals surface area contributed by atoms with Gasteiger partial charge in [0, 0.05) is 78.5 Å². The van der Waals surface area contributed by atoms with E-state index in [-0.39, 0.29) is 23.3 Å². The lowest BCUT2D eigenvalue weighted by Crippen LogP contribution is -2.46. The SMILES string of the molecule is Fc1ccc(/C=C/CN2CCN(C/C=C/c3ccc(F)cc3)CCN(C/C=C/c3ccc(F)cc3)CCN(C/C=C/c3ccc(F)cc3)CC2)cc1. The van der Waals surface area contributed by atoms with Gasteiger partial charge in [-0.1, -0.05) is 97.1 Å². The maximum Gasteiger partial charge on any atom is 0.123 e. The lowest BCUT2D eigenvalue weighted by molar-refractivity contribution is 0.154. The molecule has 4 aromatic carbocycles. The fraction of sp³-hybridized carbons (Fsp3) is 0.273. The van der Waals surface area contributed by atoms with Gasteiger partial charge in [-0.2, -0.15) is 0 Å². The maximum absolute atomic E-state index is 13.5. The van der Waals surface area contributed by atoms with E-state index in [0.29, 0.717) is 0 Å². The van der Waals surface area contributed by atoms with E-state index in [4.69, 9.17) is 0 Å². The summed E-state index contributed by atoms with van der Waals surface area (Å²) in [6.07, 6.45) is 16.7. The van der Waals surface area contributed by atoms with E-state index in [0.717, 1.165) is 101 Å². The second kappa shape index (κ2) is 21.1. The Morgan fingerprint density at radius 1 is 0.308 bits per heavy atom. The Kier molecular flexibility index (Phi) is 15.6. The topological polar surface area (TPSA) is 13.0 Å². The summed E-state index contributed by atoms with van der Waals surface area (Å²) in [6.45, 7) is 9.94. The van der Waals surface area contributed by atoms with E-state index < -0.39 is 0 Å². The molecule has 1 fully saturated rings. The maximum atomic E-state index is 13.5. The Hall–Kier alpha value is -4.60. The second-order valence-corrected chi connectivity index (χ2v) is 13.0. The normalized spacial score (nSPS) is 16.7. The third-order valence-electron chi connectivity index (χ3n) is 9.11. The van der Waals surface area contributed by atoms with Crippen LogP contribution in [0.4, 0.5) is 17.6 Å². The van der Waals surface area contributed by atoms with Gasteiger partial charge in [-0.25, -0.2) is 17.6 Å². The molecule has 272 valence electrons. The predicted octanol–water partition coefficient (Wildman–Crippen LogP) is 8.62. The molecule has 8 heteroatoms. The zero-order valence-corrected chi connectivity index (χ0v) is 29.6. The molecule has 1 saturated heterocycles. The molecule has 52 heavy (non-hydrogen) atoms. The van der Waals surface area contributed by atoms with Crippen LogP contribution in [0.15, 0.2) is 121 Å². The van der Waals surface area contributed by atoms with Crippen LogP contribution >= 0.6 is 0 Å². The molecule has 0 radical (unpaired) electrons. The van der Waals surface area contributed by atoms with Crippen LogP contribution in [0.3, 0.4) is 0 Å². The highest BCUT2D eigenvalue weighted by atomic mass is 19.1. The molecule has 4 nitrogen and oxygen atoms in total. The summed E-state index contributed by atoms with van der Waals surface area (Å²) in [5, 5.41) is 0. The first-order valence-electron chi connectivity index (χ1n) is 18.0. The molecular formula is C44H48F4N4. The summed E-state index contributed by atoms with van der Waals surface area (Å²) in [5.41, 5.74) is 3.85. The Labute approximate surface area is 306 Å². The molecule has 5 rings (SSSR count). The van der Waals surface area contributed by atoms with Crippen molar-refractivity contribution in [2.75, 3.05) is 78.5 Å². The fourth-order valence-electron chi connectivity index (χ4n) is 5.96. The van der Waals surface area contributed by atoms with Crippen LogP contribution in [0.2, 0.25) is 0 Å². The largest absolute Gasteiger partial charge is 0.297 e. The molecule has 1 heterocycles. The highest BCUT2D eigenvalue weighted by Crippen LogP contribution is 2.10. The zero-order chi connectivity index (χ0) is 36.4. The van der Waals surface area contributed by atoms with Gasteiger partial charge in [0.25, 0.3) is 0 Å². The van der Waals surface area contributed by atoms with Gasteiger partial charge < -0.3 is 0 Å². The minimum atomic E-state index is -0.246. The van der Waals surface area contributed by atoms with Crippen molar-refractivity contribution < 1.29 is 17.6 Å². The second-order valence-electron chi connectivity index (χ2n) is 13.0. The first kappa shape index (κ1) is 38.6. The number of hydrogen-bond donors (Lipinski definition) is 0. The minimum Gasteiger partial charge on any atom is -0.297 e. The van der Waals surface area contributed by atoms with Crippen LogP contribution in [0.1, 0.15) is 22.3 Å². The zero-order valence-electron chi connectivity index (χ0n) is 29.6. The number of hydrogen-bond acceptors (Lipinski definition) is 4. The van der Waals surface area contributed by atoms with Crippen molar-refractivity contribution in [1.82, 2.24) is 19.6 Å². The van der Waals surface area contributed by atoms with Gasteiger partial charge in [-0.05, 0) is 70.8 Å². The van der Waals surface area contributed by atoms with E-state index in [9.17, 15) is 17.6 Å². The smallest absolute Gasteiger partial charge is 0.123 e. The Balaban J connectivity index is 1.30. The molecule has 0 amide bonds. The number of halogens is 4. The summed E-state index contributed by atoms with van der Waals surface area (Å²) in [7, 11) is 0. The Morgan fingerprint density at radius 2 is 0.481 bits per heavy atom. The summed E-state index contributed by atoms with van der Waals surface area (Å²) in [6, 6.07) is 26.1. The van der Waals surface area contributed by atoms with Gasteiger partial charge in [0.1, 0.15) is 23.3 Å². The molecule has 0 unspecified atom stereocenters. The van der Waals surface area contributed by atoms with E-state index in [1.807, 2.05) is 24.3 Å². The van der Waals surface area contributed by atoms with Crippen LogP contribution in [0.25, 0.3) is 24.3 Å². The molecule has 1 aliphatic heterocycles. The van der Waals surface area contributed by atoms with Gasteiger partial charge >= 0.3 is 0 Å². The Morgan fingerprint density at radius 3 is 0.654 bits per heavy atom. The van der Waals surface area contributed by atoms with Gasteiger partial charge in [0.15, 0.2) is 0 Å². The third kappa shape index (κ3) is 14.2. The van der Waals surface area contributed by atoms with E-state index in [1.54, 1.807) is 48.5 Å². The first-order chi connectivity index (χ1) is 25.4. The summed E-state index contributed by atoms with van der Waals surface area (Å²) < 4.78 is 53.8. The number of rotatable bonds is 12. The van der Waals surface area contributed by atoms with Gasteiger partial charge in [-0.15, -0.1) is 0 Å². The average Bonchev–Trinajstić information content (AvgIpc) is 3.15. The van der Waals surface area contributed by atoms with Crippen molar-refractivity contribution >= 4 is 24.3 Å². The number of benzene rings is 4. The van der Waals surface area contributed by atoms with Crippen LogP contribution < -0.4 is 0 Å². The van der Waals surface area contributed by atoms with E-state index in [1.165, 1.54) is 48.5 Å². The fourth-order valence-corrected chi connectivity index (χ4v) is 5.96. The van der Waals surface area contributed by atoms with Crippen LogP contribution in [-0.2, 0) is 0 Å². The highest BCUT2D eigenvalue weighted by Gasteiger charge is 2.15.